The second-order valence-corrected chi connectivity index (χ2v) is 2.27. The van der Waals surface area contributed by atoms with Crippen molar-refractivity contribution in [2.75, 3.05) is 0 Å². The van der Waals surface area contributed by atoms with Crippen LogP contribution in [0.3, 0.4) is 0 Å². The van der Waals surface area contributed by atoms with Crippen molar-refractivity contribution in [3.05, 3.63) is 49.1 Å². The summed E-state index contributed by atoms with van der Waals surface area (Å²) in [4.78, 5) is 0. The minimum Gasteiger partial charge on any atom is -0.103 e. The van der Waals surface area contributed by atoms with Crippen LogP contribution in [-0.2, 0) is 0 Å². The van der Waals surface area contributed by atoms with E-state index in [1.54, 1.807) is 12.2 Å². The van der Waals surface area contributed by atoms with E-state index in [2.05, 4.69) is 19.7 Å². The lowest BCUT2D eigenvalue weighted by molar-refractivity contribution is 1.37. The first kappa shape index (κ1) is 17.2. The molecule has 0 aromatic rings. The Morgan fingerprint density at radius 1 is 1.17 bits per heavy atom. The van der Waals surface area contributed by atoms with Gasteiger partial charge in [0, 0.05) is 0 Å². The first-order valence-corrected chi connectivity index (χ1v) is 3.62. The zero-order valence-electron chi connectivity index (χ0n) is 7.85. The molecule has 0 aliphatic heterocycles. The van der Waals surface area contributed by atoms with Crippen molar-refractivity contribution in [2.45, 2.75) is 28.2 Å². The molecule has 0 radical (unpaired) electrons. The van der Waals surface area contributed by atoms with Gasteiger partial charge in [-0.3, -0.25) is 0 Å². The van der Waals surface area contributed by atoms with Crippen LogP contribution in [-0.4, -0.2) is 0 Å². The molecule has 0 unspecified atom stereocenters. The Hall–Kier alpha value is -1.04. The lowest BCUT2D eigenvalue weighted by Gasteiger charge is -1.92. The van der Waals surface area contributed by atoms with E-state index in [-0.39, 0.29) is 7.43 Å². The van der Waals surface area contributed by atoms with Gasteiger partial charge < -0.3 is 0 Å². The quantitative estimate of drug-likeness (QED) is 0.418. The molecule has 70 valence electrons. The smallest absolute Gasteiger partial charge is 0.0395 e. The first-order chi connectivity index (χ1) is 5.09. The van der Waals surface area contributed by atoms with Gasteiger partial charge in [0.1, 0.15) is 0 Å². The topological polar surface area (TPSA) is 0 Å². The zero-order valence-corrected chi connectivity index (χ0v) is 7.85. The van der Waals surface area contributed by atoms with E-state index in [0.29, 0.717) is 0 Å². The monoisotopic (exact) mass is 166 g/mol. The highest BCUT2D eigenvalue weighted by Crippen LogP contribution is 2.03. The summed E-state index contributed by atoms with van der Waals surface area (Å²) in [7, 11) is 0. The van der Waals surface area contributed by atoms with Crippen molar-refractivity contribution >= 4 is 0 Å². The summed E-state index contributed by atoms with van der Waals surface area (Å²) in [5, 5.41) is 0. The van der Waals surface area contributed by atoms with Gasteiger partial charge in [-0.2, -0.15) is 0 Å². The van der Waals surface area contributed by atoms with Crippen molar-refractivity contribution in [3.8, 4) is 0 Å². The van der Waals surface area contributed by atoms with Gasteiger partial charge in [0.2, 0.25) is 0 Å². The molecule has 0 aliphatic carbocycles. The molecule has 0 bridgehead atoms. The average Bonchev–Trinajstić information content (AvgIpc) is 1.90. The largest absolute Gasteiger partial charge is 0.103 e. The van der Waals surface area contributed by atoms with Gasteiger partial charge in [-0.15, -0.1) is 6.58 Å². The van der Waals surface area contributed by atoms with Gasteiger partial charge in [0.05, 0.1) is 0 Å². The Labute approximate surface area is 78.0 Å². The van der Waals surface area contributed by atoms with Crippen LogP contribution in [0.15, 0.2) is 49.1 Å². The van der Waals surface area contributed by atoms with Gasteiger partial charge in [-0.1, -0.05) is 44.4 Å². The number of hydrogen-bond acceptors (Lipinski definition) is 0. The molecule has 0 amide bonds. The van der Waals surface area contributed by atoms with E-state index in [4.69, 9.17) is 0 Å². The molecule has 0 atom stereocenters. The van der Waals surface area contributed by atoms with Crippen LogP contribution in [0.5, 0.6) is 0 Å². The second-order valence-electron chi connectivity index (χ2n) is 2.27. The normalized spacial score (nSPS) is 8.42. The molecule has 12 heavy (non-hydrogen) atoms. The summed E-state index contributed by atoms with van der Waals surface area (Å²) in [5.41, 5.74) is 2.30. The van der Waals surface area contributed by atoms with Crippen LogP contribution in [0.25, 0.3) is 0 Å². The van der Waals surface area contributed by atoms with Crippen molar-refractivity contribution in [3.63, 3.8) is 0 Å². The molecular weight excluding hydrogens is 144 g/mol. The Balaban J connectivity index is -0.000000177. The van der Waals surface area contributed by atoms with Crippen molar-refractivity contribution < 1.29 is 0 Å². The molecule has 0 heterocycles. The summed E-state index contributed by atoms with van der Waals surface area (Å²) in [6.07, 6.45) is 5.46. The predicted molar refractivity (Wildman–Crippen MR) is 61.4 cm³/mol. The third-order valence-corrected chi connectivity index (χ3v) is 1.04. The van der Waals surface area contributed by atoms with Crippen LogP contribution in [0.2, 0.25) is 0 Å². The summed E-state index contributed by atoms with van der Waals surface area (Å²) < 4.78 is 0. The SMILES string of the molecule is C.C=C/C=C(/C)C(=C)C.C=CC. The Kier molecular flexibility index (Phi) is 18.0. The number of hydrogen-bond donors (Lipinski definition) is 0. The van der Waals surface area contributed by atoms with Crippen LogP contribution < -0.4 is 0 Å². The fourth-order valence-electron chi connectivity index (χ4n) is 0.319. The fraction of sp³-hybridized carbons (Fsp3) is 0.333. The van der Waals surface area contributed by atoms with Gasteiger partial charge in [0.15, 0.2) is 0 Å². The number of allylic oxidation sites excluding steroid dienone is 5. The third-order valence-electron chi connectivity index (χ3n) is 1.04. The minimum absolute atomic E-state index is 0. The van der Waals surface area contributed by atoms with Crippen LogP contribution >= 0.6 is 0 Å². The molecule has 0 saturated carbocycles. The Morgan fingerprint density at radius 2 is 1.50 bits per heavy atom. The van der Waals surface area contributed by atoms with Crippen molar-refractivity contribution in [1.29, 1.82) is 0 Å². The molecule has 0 fully saturated rings. The Bertz CT molecular complexity index is 159. The highest BCUT2D eigenvalue weighted by Gasteiger charge is 1.82. The van der Waals surface area contributed by atoms with Gasteiger partial charge in [0.25, 0.3) is 0 Å². The van der Waals surface area contributed by atoms with E-state index < -0.39 is 0 Å². The molecule has 0 heteroatoms. The summed E-state index contributed by atoms with van der Waals surface area (Å²) in [6, 6.07) is 0. The van der Waals surface area contributed by atoms with Gasteiger partial charge in [-0.25, -0.2) is 0 Å². The van der Waals surface area contributed by atoms with Gasteiger partial charge >= 0.3 is 0 Å². The molecule has 0 spiro atoms. The summed E-state index contributed by atoms with van der Waals surface area (Å²) >= 11 is 0. The Morgan fingerprint density at radius 3 is 1.58 bits per heavy atom. The average molecular weight is 166 g/mol. The van der Waals surface area contributed by atoms with Gasteiger partial charge in [-0.05, 0) is 26.3 Å². The maximum absolute atomic E-state index is 3.76. The van der Waals surface area contributed by atoms with Crippen LogP contribution in [0.4, 0.5) is 0 Å². The second kappa shape index (κ2) is 12.6. The summed E-state index contributed by atoms with van der Waals surface area (Å²) in [6.45, 7) is 16.6. The van der Waals surface area contributed by atoms with Crippen LogP contribution in [0.1, 0.15) is 28.2 Å². The lowest BCUT2D eigenvalue weighted by Crippen LogP contribution is -1.72. The molecule has 0 nitrogen and oxygen atoms in total. The molecule has 0 saturated heterocycles. The molecule has 0 aromatic carbocycles. The zero-order chi connectivity index (χ0) is 9.28. The van der Waals surface area contributed by atoms with E-state index in [1.807, 2.05) is 26.8 Å². The first-order valence-electron chi connectivity index (χ1n) is 3.62. The highest BCUT2D eigenvalue weighted by molar-refractivity contribution is 5.26. The van der Waals surface area contributed by atoms with E-state index in [0.717, 1.165) is 5.57 Å². The van der Waals surface area contributed by atoms with Crippen LogP contribution in [0, 0.1) is 0 Å². The minimum atomic E-state index is 0. The third kappa shape index (κ3) is 16.0. The van der Waals surface area contributed by atoms with E-state index in [1.165, 1.54) is 5.57 Å². The van der Waals surface area contributed by atoms with Crippen molar-refractivity contribution in [2.24, 2.45) is 0 Å². The summed E-state index contributed by atoms with van der Waals surface area (Å²) in [5.74, 6) is 0. The maximum Gasteiger partial charge on any atom is -0.0395 e. The highest BCUT2D eigenvalue weighted by atomic mass is 13.9. The fourth-order valence-corrected chi connectivity index (χ4v) is 0.319. The molecule has 0 N–H and O–H groups in total. The lowest BCUT2D eigenvalue weighted by atomic mass is 10.1. The maximum atomic E-state index is 3.76. The van der Waals surface area contributed by atoms with E-state index in [9.17, 15) is 0 Å². The number of rotatable bonds is 2. The predicted octanol–water partition coefficient (Wildman–Crippen LogP) is 4.52. The molecule has 0 rings (SSSR count). The molecular formula is C12H22. The van der Waals surface area contributed by atoms with Crippen molar-refractivity contribution in [1.82, 2.24) is 0 Å². The molecule has 0 aliphatic rings. The van der Waals surface area contributed by atoms with E-state index >= 15 is 0 Å². The standard InChI is InChI=1S/C8H12.C3H6.CH4/c1-5-6-8(4)7(2)3;1-3-2;/h5-6H,1-2H2,3-4H3;3H,1H2,2H3;1H4/b8-6-;;. The molecule has 0 aromatic heterocycles.